The summed E-state index contributed by atoms with van der Waals surface area (Å²) in [6.07, 6.45) is 2.81. The van der Waals surface area contributed by atoms with Crippen LogP contribution in [0.25, 0.3) is 11.0 Å². The second-order valence-corrected chi connectivity index (χ2v) is 4.08. The molecule has 9 heteroatoms. The fourth-order valence-electron chi connectivity index (χ4n) is 1.82. The molecular formula is C11H14N6O3. The number of anilines is 1. The number of carbonyl (C=O) groups excluding carboxylic acids is 1. The number of carboxylic acid groups (broad SMARTS) is 1. The minimum Gasteiger partial charge on any atom is -0.478 e. The number of aryl methyl sites for hydroxylation is 1. The van der Waals surface area contributed by atoms with Crippen LogP contribution in [-0.4, -0.2) is 45.0 Å². The molecule has 0 aliphatic carbocycles. The largest absolute Gasteiger partial charge is 0.478 e. The van der Waals surface area contributed by atoms with E-state index in [1.54, 1.807) is 17.9 Å². The zero-order valence-electron chi connectivity index (χ0n) is 10.8. The van der Waals surface area contributed by atoms with Crippen LogP contribution in [-0.2, 0) is 7.05 Å². The van der Waals surface area contributed by atoms with Crippen molar-refractivity contribution in [1.82, 2.24) is 20.1 Å². The van der Waals surface area contributed by atoms with Crippen molar-refractivity contribution < 1.29 is 14.7 Å². The van der Waals surface area contributed by atoms with Crippen molar-refractivity contribution in [3.05, 3.63) is 18.0 Å². The summed E-state index contributed by atoms with van der Waals surface area (Å²) in [5.74, 6) is -1.09. The van der Waals surface area contributed by atoms with Crippen LogP contribution >= 0.6 is 0 Å². The number of nitrogens with one attached hydrogen (secondary N) is 2. The van der Waals surface area contributed by atoms with Gasteiger partial charge in [0.1, 0.15) is 5.56 Å². The average molecular weight is 278 g/mol. The van der Waals surface area contributed by atoms with Gasteiger partial charge in [-0.3, -0.25) is 4.68 Å². The number of aromatic carboxylic acids is 1. The first-order valence-electron chi connectivity index (χ1n) is 5.82. The molecule has 0 atom stereocenters. The number of aromatic nitrogens is 3. The molecule has 20 heavy (non-hydrogen) atoms. The molecule has 5 N–H and O–H groups in total. The number of primary amides is 1. The monoisotopic (exact) mass is 278 g/mol. The van der Waals surface area contributed by atoms with E-state index in [0.717, 1.165) is 0 Å². The van der Waals surface area contributed by atoms with E-state index >= 15 is 0 Å². The number of urea groups is 1. The Labute approximate surface area is 113 Å². The van der Waals surface area contributed by atoms with E-state index in [0.29, 0.717) is 23.3 Å². The maximum atomic E-state index is 11.2. The molecule has 0 spiro atoms. The Bertz CT molecular complexity index is 665. The van der Waals surface area contributed by atoms with Gasteiger partial charge in [-0.1, -0.05) is 0 Å². The molecule has 2 aromatic rings. The van der Waals surface area contributed by atoms with Gasteiger partial charge in [-0.25, -0.2) is 14.6 Å². The quantitative estimate of drug-likeness (QED) is 0.557. The molecule has 2 heterocycles. The van der Waals surface area contributed by atoms with E-state index in [-0.39, 0.29) is 12.1 Å². The van der Waals surface area contributed by atoms with E-state index < -0.39 is 12.0 Å². The van der Waals surface area contributed by atoms with E-state index in [2.05, 4.69) is 20.7 Å². The highest BCUT2D eigenvalue weighted by Gasteiger charge is 2.16. The molecule has 2 amide bonds. The molecule has 0 aliphatic heterocycles. The lowest BCUT2D eigenvalue weighted by molar-refractivity contribution is 0.0697. The second-order valence-electron chi connectivity index (χ2n) is 4.08. The standard InChI is InChI=1S/C11H14N6O3/c1-17-9-6(5-16-17)8(7(4-15-9)10(18)19)13-2-3-14-11(12)20/h4-5H,2-3H2,1H3,(H,13,15)(H,18,19)(H3,12,14,20). The van der Waals surface area contributed by atoms with Crippen LogP contribution < -0.4 is 16.4 Å². The fourth-order valence-corrected chi connectivity index (χ4v) is 1.82. The van der Waals surface area contributed by atoms with Gasteiger partial charge in [-0.05, 0) is 0 Å². The molecule has 9 nitrogen and oxygen atoms in total. The van der Waals surface area contributed by atoms with Crippen LogP contribution in [0.2, 0.25) is 0 Å². The number of pyridine rings is 1. The summed E-state index contributed by atoms with van der Waals surface area (Å²) in [5, 5.41) is 19.2. The second kappa shape index (κ2) is 5.43. The van der Waals surface area contributed by atoms with Crippen LogP contribution in [0.15, 0.2) is 12.4 Å². The van der Waals surface area contributed by atoms with Gasteiger partial charge in [-0.2, -0.15) is 5.10 Å². The van der Waals surface area contributed by atoms with E-state index in [1.165, 1.54) is 6.20 Å². The summed E-state index contributed by atoms with van der Waals surface area (Å²) in [7, 11) is 1.72. The number of fused-ring (bicyclic) bond motifs is 1. The van der Waals surface area contributed by atoms with Gasteiger partial charge in [-0.15, -0.1) is 0 Å². The summed E-state index contributed by atoms with van der Waals surface area (Å²) in [6.45, 7) is 0.607. The number of nitrogens with two attached hydrogens (primary N) is 1. The lowest BCUT2D eigenvalue weighted by Gasteiger charge is -2.10. The Morgan fingerprint density at radius 1 is 1.40 bits per heavy atom. The number of nitrogens with zero attached hydrogens (tertiary/aromatic N) is 3. The molecule has 0 aromatic carbocycles. The van der Waals surface area contributed by atoms with Crippen molar-refractivity contribution >= 4 is 28.7 Å². The number of rotatable bonds is 5. The number of carboxylic acids is 1. The average Bonchev–Trinajstić information content (AvgIpc) is 2.76. The molecule has 0 saturated heterocycles. The van der Waals surface area contributed by atoms with Crippen molar-refractivity contribution in [3.8, 4) is 0 Å². The molecule has 0 saturated carbocycles. The highest BCUT2D eigenvalue weighted by Crippen LogP contribution is 2.25. The van der Waals surface area contributed by atoms with Crippen LogP contribution in [0.1, 0.15) is 10.4 Å². The Morgan fingerprint density at radius 2 is 2.15 bits per heavy atom. The topological polar surface area (TPSA) is 135 Å². The van der Waals surface area contributed by atoms with Crippen LogP contribution in [0.3, 0.4) is 0 Å². The Hall–Kier alpha value is -2.84. The molecule has 0 aliphatic rings. The molecule has 0 unspecified atom stereocenters. The maximum absolute atomic E-state index is 11.2. The normalized spacial score (nSPS) is 10.4. The number of amides is 2. The fraction of sp³-hybridized carbons (Fsp3) is 0.273. The Kier molecular flexibility index (Phi) is 3.69. The first kappa shape index (κ1) is 13.6. The van der Waals surface area contributed by atoms with Gasteiger partial charge >= 0.3 is 12.0 Å². The van der Waals surface area contributed by atoms with Gasteiger partial charge in [0.15, 0.2) is 5.65 Å². The molecule has 2 rings (SSSR count). The van der Waals surface area contributed by atoms with Crippen molar-refractivity contribution in [1.29, 1.82) is 0 Å². The minimum atomic E-state index is -1.09. The van der Waals surface area contributed by atoms with E-state index in [9.17, 15) is 14.7 Å². The van der Waals surface area contributed by atoms with Crippen LogP contribution in [0, 0.1) is 0 Å². The van der Waals surface area contributed by atoms with Crippen molar-refractivity contribution in [2.75, 3.05) is 18.4 Å². The molecule has 0 radical (unpaired) electrons. The third-order valence-corrected chi connectivity index (χ3v) is 2.72. The van der Waals surface area contributed by atoms with E-state index in [4.69, 9.17) is 5.73 Å². The van der Waals surface area contributed by atoms with Gasteiger partial charge in [0.05, 0.1) is 17.3 Å². The van der Waals surface area contributed by atoms with Crippen LogP contribution in [0.4, 0.5) is 10.5 Å². The summed E-state index contributed by atoms with van der Waals surface area (Å²) < 4.78 is 1.55. The van der Waals surface area contributed by atoms with Gasteiger partial charge in [0.2, 0.25) is 0 Å². The summed E-state index contributed by atoms with van der Waals surface area (Å²) in [4.78, 5) is 25.9. The predicted molar refractivity (Wildman–Crippen MR) is 71.5 cm³/mol. The lowest BCUT2D eigenvalue weighted by Crippen LogP contribution is -2.33. The zero-order chi connectivity index (χ0) is 14.7. The first-order chi connectivity index (χ1) is 9.50. The first-order valence-corrected chi connectivity index (χ1v) is 5.82. The number of hydrogen-bond donors (Lipinski definition) is 4. The van der Waals surface area contributed by atoms with Gasteiger partial charge in [0, 0.05) is 26.3 Å². The third-order valence-electron chi connectivity index (χ3n) is 2.72. The van der Waals surface area contributed by atoms with Gasteiger partial charge in [0.25, 0.3) is 0 Å². The SMILES string of the molecule is Cn1ncc2c(NCCNC(N)=O)c(C(=O)O)cnc21. The highest BCUT2D eigenvalue weighted by molar-refractivity contribution is 6.03. The third kappa shape index (κ3) is 2.60. The van der Waals surface area contributed by atoms with Crippen LogP contribution in [0.5, 0.6) is 0 Å². The summed E-state index contributed by atoms with van der Waals surface area (Å²) in [6, 6.07) is -0.633. The molecular weight excluding hydrogens is 264 g/mol. The minimum absolute atomic E-state index is 0.0459. The molecule has 0 bridgehead atoms. The zero-order valence-corrected chi connectivity index (χ0v) is 10.8. The summed E-state index contributed by atoms with van der Waals surface area (Å²) >= 11 is 0. The van der Waals surface area contributed by atoms with E-state index in [1.807, 2.05) is 0 Å². The Balaban J connectivity index is 2.30. The van der Waals surface area contributed by atoms with Crippen molar-refractivity contribution in [2.45, 2.75) is 0 Å². The predicted octanol–water partition coefficient (Wildman–Crippen LogP) is -0.253. The molecule has 2 aromatic heterocycles. The Morgan fingerprint density at radius 3 is 2.80 bits per heavy atom. The summed E-state index contributed by atoms with van der Waals surface area (Å²) in [5.41, 5.74) is 5.98. The van der Waals surface area contributed by atoms with Gasteiger partial charge < -0.3 is 21.5 Å². The molecule has 0 fully saturated rings. The smallest absolute Gasteiger partial charge is 0.339 e. The number of carbonyl (C=O) groups is 2. The van der Waals surface area contributed by atoms with Crippen molar-refractivity contribution in [3.63, 3.8) is 0 Å². The highest BCUT2D eigenvalue weighted by atomic mass is 16.4. The maximum Gasteiger partial charge on any atom is 0.339 e. The molecule has 106 valence electrons. The number of hydrogen-bond acceptors (Lipinski definition) is 5. The van der Waals surface area contributed by atoms with Crippen molar-refractivity contribution in [2.24, 2.45) is 12.8 Å². The lowest BCUT2D eigenvalue weighted by atomic mass is 10.2.